The minimum atomic E-state index is -0.108. The quantitative estimate of drug-likeness (QED) is 0.740. The number of carbonyl (C=O) groups is 1. The molecule has 0 aromatic heterocycles. The number of nitrogen functional groups attached to an aromatic ring is 1. The van der Waals surface area contributed by atoms with Crippen LogP contribution in [0.5, 0.6) is 0 Å². The molecule has 1 amide bonds. The van der Waals surface area contributed by atoms with E-state index in [0.29, 0.717) is 23.2 Å². The second-order valence-electron chi connectivity index (χ2n) is 5.74. The molecule has 1 fully saturated rings. The molecule has 1 saturated carbocycles. The Labute approximate surface area is 121 Å². The van der Waals surface area contributed by atoms with Crippen LogP contribution in [0.15, 0.2) is 18.2 Å². The van der Waals surface area contributed by atoms with E-state index in [4.69, 9.17) is 5.73 Å². The number of nitrogens with one attached hydrogen (secondary N) is 2. The minimum Gasteiger partial charge on any atom is -0.397 e. The summed E-state index contributed by atoms with van der Waals surface area (Å²) < 4.78 is 0. The molecule has 1 aliphatic rings. The molecule has 110 valence electrons. The molecule has 4 N–H and O–H groups in total. The van der Waals surface area contributed by atoms with Gasteiger partial charge in [-0.25, -0.2) is 0 Å². The van der Waals surface area contributed by atoms with Crippen LogP contribution in [0.3, 0.4) is 0 Å². The minimum absolute atomic E-state index is 0.108. The zero-order chi connectivity index (χ0) is 14.7. The Morgan fingerprint density at radius 1 is 1.40 bits per heavy atom. The molecule has 1 aliphatic carbocycles. The van der Waals surface area contributed by atoms with E-state index >= 15 is 0 Å². The van der Waals surface area contributed by atoms with Gasteiger partial charge in [-0.1, -0.05) is 20.3 Å². The van der Waals surface area contributed by atoms with Gasteiger partial charge in [0, 0.05) is 18.7 Å². The lowest BCUT2D eigenvalue weighted by atomic mass is 9.93. The van der Waals surface area contributed by atoms with Crippen molar-refractivity contribution in [2.75, 3.05) is 18.1 Å². The standard InChI is InChI=1S/C16H25N3O/c1-4-11-5-7-14(10(11)2)19-15-8-6-12(9-13(15)17)16(20)18-3/h6,8-11,14,19H,4-5,7,17H2,1-3H3,(H,18,20). The summed E-state index contributed by atoms with van der Waals surface area (Å²) in [7, 11) is 1.62. The second kappa shape index (κ2) is 6.16. The van der Waals surface area contributed by atoms with Crippen LogP contribution in [0, 0.1) is 11.8 Å². The summed E-state index contributed by atoms with van der Waals surface area (Å²) in [5, 5.41) is 6.16. The fourth-order valence-corrected chi connectivity index (χ4v) is 3.21. The average molecular weight is 275 g/mol. The summed E-state index contributed by atoms with van der Waals surface area (Å²) in [6.07, 6.45) is 3.71. The highest BCUT2D eigenvalue weighted by atomic mass is 16.1. The van der Waals surface area contributed by atoms with Crippen molar-refractivity contribution in [3.8, 4) is 0 Å². The van der Waals surface area contributed by atoms with Crippen LogP contribution < -0.4 is 16.4 Å². The van der Waals surface area contributed by atoms with E-state index in [1.54, 1.807) is 13.1 Å². The van der Waals surface area contributed by atoms with Gasteiger partial charge >= 0.3 is 0 Å². The first-order valence-corrected chi connectivity index (χ1v) is 7.45. The van der Waals surface area contributed by atoms with Crippen LogP contribution in [0.4, 0.5) is 11.4 Å². The molecule has 20 heavy (non-hydrogen) atoms. The predicted octanol–water partition coefficient (Wildman–Crippen LogP) is 2.87. The molecule has 0 radical (unpaired) electrons. The van der Waals surface area contributed by atoms with Crippen LogP contribution >= 0.6 is 0 Å². The van der Waals surface area contributed by atoms with Gasteiger partial charge in [0.1, 0.15) is 0 Å². The van der Waals surface area contributed by atoms with Gasteiger partial charge in [0.25, 0.3) is 5.91 Å². The number of anilines is 2. The van der Waals surface area contributed by atoms with Gasteiger partial charge < -0.3 is 16.4 Å². The Morgan fingerprint density at radius 2 is 2.15 bits per heavy atom. The van der Waals surface area contributed by atoms with Crippen LogP contribution in [0.25, 0.3) is 0 Å². The van der Waals surface area contributed by atoms with Crippen molar-refractivity contribution in [3.05, 3.63) is 23.8 Å². The number of hydrogen-bond acceptors (Lipinski definition) is 3. The Kier molecular flexibility index (Phi) is 4.53. The normalized spacial score (nSPS) is 25.4. The molecule has 1 aromatic rings. The first-order chi connectivity index (χ1) is 9.56. The van der Waals surface area contributed by atoms with E-state index in [9.17, 15) is 4.79 Å². The maximum absolute atomic E-state index is 11.6. The zero-order valence-corrected chi connectivity index (χ0v) is 12.6. The van der Waals surface area contributed by atoms with Gasteiger partial charge in [-0.3, -0.25) is 4.79 Å². The second-order valence-corrected chi connectivity index (χ2v) is 5.74. The van der Waals surface area contributed by atoms with E-state index in [2.05, 4.69) is 24.5 Å². The van der Waals surface area contributed by atoms with Crippen LogP contribution in [0.2, 0.25) is 0 Å². The summed E-state index contributed by atoms with van der Waals surface area (Å²) in [6.45, 7) is 4.57. The third kappa shape index (κ3) is 2.89. The third-order valence-corrected chi connectivity index (χ3v) is 4.63. The molecule has 4 nitrogen and oxygen atoms in total. The summed E-state index contributed by atoms with van der Waals surface area (Å²) in [4.78, 5) is 11.6. The molecule has 2 rings (SSSR count). The number of rotatable bonds is 4. The molecule has 0 bridgehead atoms. The monoisotopic (exact) mass is 275 g/mol. The fraction of sp³-hybridized carbons (Fsp3) is 0.562. The SMILES string of the molecule is CCC1CCC(Nc2ccc(C(=O)NC)cc2N)C1C. The number of nitrogens with two attached hydrogens (primary N) is 1. The number of carbonyl (C=O) groups excluding carboxylic acids is 1. The third-order valence-electron chi connectivity index (χ3n) is 4.63. The topological polar surface area (TPSA) is 67.2 Å². The Bertz CT molecular complexity index is 487. The summed E-state index contributed by atoms with van der Waals surface area (Å²) in [6, 6.07) is 5.94. The molecular formula is C16H25N3O. The fourth-order valence-electron chi connectivity index (χ4n) is 3.21. The van der Waals surface area contributed by atoms with Gasteiger partial charge in [-0.05, 0) is 42.9 Å². The highest BCUT2D eigenvalue weighted by Crippen LogP contribution is 2.36. The maximum atomic E-state index is 11.6. The maximum Gasteiger partial charge on any atom is 0.251 e. The molecule has 1 aromatic carbocycles. The first kappa shape index (κ1) is 14.7. The highest BCUT2D eigenvalue weighted by molar-refractivity contribution is 5.95. The molecule has 0 spiro atoms. The summed E-state index contributed by atoms with van der Waals surface area (Å²) in [5.74, 6) is 1.36. The molecule has 0 heterocycles. The number of amides is 1. The first-order valence-electron chi connectivity index (χ1n) is 7.45. The van der Waals surface area contributed by atoms with Gasteiger partial charge in [0.15, 0.2) is 0 Å². The van der Waals surface area contributed by atoms with Gasteiger partial charge in [-0.2, -0.15) is 0 Å². The number of benzene rings is 1. The average Bonchev–Trinajstić information content (AvgIpc) is 2.80. The van der Waals surface area contributed by atoms with Crippen molar-refractivity contribution < 1.29 is 4.79 Å². The van der Waals surface area contributed by atoms with Crippen LogP contribution in [-0.2, 0) is 0 Å². The van der Waals surface area contributed by atoms with E-state index in [0.717, 1.165) is 11.6 Å². The van der Waals surface area contributed by atoms with Crippen molar-refractivity contribution in [2.45, 2.75) is 39.2 Å². The molecule has 4 heteroatoms. The van der Waals surface area contributed by atoms with Crippen molar-refractivity contribution in [1.82, 2.24) is 5.32 Å². The van der Waals surface area contributed by atoms with E-state index in [1.165, 1.54) is 19.3 Å². The Morgan fingerprint density at radius 3 is 2.70 bits per heavy atom. The molecular weight excluding hydrogens is 250 g/mol. The van der Waals surface area contributed by atoms with Crippen molar-refractivity contribution in [2.24, 2.45) is 11.8 Å². The van der Waals surface area contributed by atoms with Crippen LogP contribution in [-0.4, -0.2) is 19.0 Å². The number of hydrogen-bond donors (Lipinski definition) is 3. The molecule has 0 aliphatic heterocycles. The van der Waals surface area contributed by atoms with Crippen molar-refractivity contribution >= 4 is 17.3 Å². The summed E-state index contributed by atoms with van der Waals surface area (Å²) in [5.41, 5.74) is 8.23. The Hall–Kier alpha value is -1.71. The van der Waals surface area contributed by atoms with Gasteiger partial charge in [0.05, 0.1) is 11.4 Å². The van der Waals surface area contributed by atoms with Crippen LogP contribution in [0.1, 0.15) is 43.5 Å². The summed E-state index contributed by atoms with van der Waals surface area (Å²) >= 11 is 0. The van der Waals surface area contributed by atoms with Gasteiger partial charge in [-0.15, -0.1) is 0 Å². The molecule has 3 unspecified atom stereocenters. The molecule has 3 atom stereocenters. The zero-order valence-electron chi connectivity index (χ0n) is 12.6. The van der Waals surface area contributed by atoms with E-state index in [1.807, 2.05) is 12.1 Å². The molecule has 0 saturated heterocycles. The predicted molar refractivity (Wildman–Crippen MR) is 83.8 cm³/mol. The van der Waals surface area contributed by atoms with Crippen molar-refractivity contribution in [1.29, 1.82) is 0 Å². The van der Waals surface area contributed by atoms with E-state index < -0.39 is 0 Å². The lowest BCUT2D eigenvalue weighted by molar-refractivity contribution is 0.0963. The highest BCUT2D eigenvalue weighted by Gasteiger charge is 2.31. The Balaban J connectivity index is 2.09. The van der Waals surface area contributed by atoms with E-state index in [-0.39, 0.29) is 5.91 Å². The lowest BCUT2D eigenvalue weighted by Crippen LogP contribution is -2.25. The lowest BCUT2D eigenvalue weighted by Gasteiger charge is -2.23. The van der Waals surface area contributed by atoms with Crippen molar-refractivity contribution in [3.63, 3.8) is 0 Å². The largest absolute Gasteiger partial charge is 0.397 e. The van der Waals surface area contributed by atoms with Gasteiger partial charge in [0.2, 0.25) is 0 Å². The smallest absolute Gasteiger partial charge is 0.251 e.